The van der Waals surface area contributed by atoms with Gasteiger partial charge in [-0.1, -0.05) is 24.3 Å². The molecule has 13 heavy (non-hydrogen) atoms. The summed E-state index contributed by atoms with van der Waals surface area (Å²) in [6.07, 6.45) is 12.7. The molecule has 0 spiro atoms. The van der Waals surface area contributed by atoms with E-state index in [-0.39, 0.29) is 0 Å². The van der Waals surface area contributed by atoms with Crippen molar-refractivity contribution in [2.75, 3.05) is 6.61 Å². The Bertz CT molecular complexity index is 216. The number of allylic oxidation sites excluding steroid dienone is 3. The molecule has 0 N–H and O–H groups in total. The second-order valence-corrected chi connectivity index (χ2v) is 4.39. The summed E-state index contributed by atoms with van der Waals surface area (Å²) in [5.74, 6) is 0.566. The fourth-order valence-electron chi connectivity index (χ4n) is 1.99. The van der Waals surface area contributed by atoms with Gasteiger partial charge in [-0.05, 0) is 25.2 Å². The van der Waals surface area contributed by atoms with Crippen molar-refractivity contribution in [2.24, 2.45) is 5.92 Å². The molecule has 2 aliphatic rings. The molecule has 0 saturated carbocycles. The lowest BCUT2D eigenvalue weighted by molar-refractivity contribution is 0.0956. The van der Waals surface area contributed by atoms with Crippen LogP contribution in [0.5, 0.6) is 0 Å². The van der Waals surface area contributed by atoms with Crippen LogP contribution in [0.2, 0.25) is 0 Å². The summed E-state index contributed by atoms with van der Waals surface area (Å²) in [5.41, 5.74) is 0. The molecule has 72 valence electrons. The Morgan fingerprint density at radius 1 is 1.31 bits per heavy atom. The van der Waals surface area contributed by atoms with Gasteiger partial charge in [-0.3, -0.25) is 0 Å². The van der Waals surface area contributed by atoms with E-state index in [0.29, 0.717) is 17.3 Å². The molecule has 0 bridgehead atoms. The Kier molecular flexibility index (Phi) is 3.12. The number of hydrogen-bond donors (Lipinski definition) is 1. The Labute approximate surface area is 85.3 Å². The molecule has 2 heteroatoms. The molecule has 2 rings (SSSR count). The molecule has 1 aliphatic carbocycles. The van der Waals surface area contributed by atoms with Gasteiger partial charge in [-0.15, -0.1) is 0 Å². The first-order chi connectivity index (χ1) is 6.36. The van der Waals surface area contributed by atoms with Crippen molar-refractivity contribution >= 4 is 12.6 Å². The van der Waals surface area contributed by atoms with Crippen LogP contribution in [0.25, 0.3) is 0 Å². The first-order valence-electron chi connectivity index (χ1n) is 5.01. The summed E-state index contributed by atoms with van der Waals surface area (Å²) in [4.78, 5) is 0. The molecule has 1 fully saturated rings. The van der Waals surface area contributed by atoms with E-state index in [1.165, 1.54) is 12.8 Å². The van der Waals surface area contributed by atoms with Gasteiger partial charge in [0.2, 0.25) is 0 Å². The van der Waals surface area contributed by atoms with Crippen LogP contribution in [-0.4, -0.2) is 18.0 Å². The number of hydrogen-bond acceptors (Lipinski definition) is 2. The van der Waals surface area contributed by atoms with Crippen molar-refractivity contribution in [3.05, 3.63) is 24.3 Å². The fourth-order valence-corrected chi connectivity index (χ4v) is 2.31. The molecule has 0 amide bonds. The summed E-state index contributed by atoms with van der Waals surface area (Å²) in [5, 5.41) is 0.384. The summed E-state index contributed by atoms with van der Waals surface area (Å²) in [6.45, 7) is 0.953. The smallest absolute Gasteiger partial charge is 0.0582 e. The Morgan fingerprint density at radius 3 is 2.85 bits per heavy atom. The van der Waals surface area contributed by atoms with Gasteiger partial charge in [-0.2, -0.15) is 12.6 Å². The standard InChI is InChI=1S/C11H16OS/c13-11-6-2-1-4-9(11)8-10-5-3-7-12-10/h1-2,4,6,9-11,13H,3,5,7-8H2/t9-,10?,11?/m1/s1. The molecule has 3 atom stereocenters. The van der Waals surface area contributed by atoms with Crippen LogP contribution in [0.4, 0.5) is 0 Å². The highest BCUT2D eigenvalue weighted by Crippen LogP contribution is 2.27. The number of rotatable bonds is 2. The van der Waals surface area contributed by atoms with Crippen molar-refractivity contribution in [1.82, 2.24) is 0 Å². The third-order valence-corrected chi connectivity index (χ3v) is 3.33. The summed E-state index contributed by atoms with van der Waals surface area (Å²) >= 11 is 4.54. The predicted molar refractivity (Wildman–Crippen MR) is 58.1 cm³/mol. The molecule has 1 saturated heterocycles. The highest BCUT2D eigenvalue weighted by atomic mass is 32.1. The van der Waals surface area contributed by atoms with Gasteiger partial charge in [0.15, 0.2) is 0 Å². The van der Waals surface area contributed by atoms with E-state index in [1.54, 1.807) is 0 Å². The van der Waals surface area contributed by atoms with Crippen molar-refractivity contribution in [3.8, 4) is 0 Å². The lowest BCUT2D eigenvalue weighted by Gasteiger charge is -2.22. The quantitative estimate of drug-likeness (QED) is 0.668. The normalized spacial score (nSPS) is 38.4. The maximum Gasteiger partial charge on any atom is 0.0582 e. The molecule has 2 unspecified atom stereocenters. The van der Waals surface area contributed by atoms with Gasteiger partial charge in [0.05, 0.1) is 6.10 Å². The van der Waals surface area contributed by atoms with Gasteiger partial charge >= 0.3 is 0 Å². The third-order valence-electron chi connectivity index (χ3n) is 2.78. The molecule has 1 aliphatic heterocycles. The first-order valence-corrected chi connectivity index (χ1v) is 5.52. The van der Waals surface area contributed by atoms with Gasteiger partial charge in [0.1, 0.15) is 0 Å². The molecule has 1 nitrogen and oxygen atoms in total. The lowest BCUT2D eigenvalue weighted by atomic mass is 9.93. The number of thiol groups is 1. The van der Waals surface area contributed by atoms with E-state index in [1.807, 2.05) is 0 Å². The average Bonchev–Trinajstić information content (AvgIpc) is 2.61. The summed E-state index contributed by atoms with van der Waals surface area (Å²) in [6, 6.07) is 0. The Hall–Kier alpha value is -0.210. The monoisotopic (exact) mass is 196 g/mol. The van der Waals surface area contributed by atoms with E-state index >= 15 is 0 Å². The fraction of sp³-hybridized carbons (Fsp3) is 0.636. The molecule has 0 aromatic heterocycles. The van der Waals surface area contributed by atoms with E-state index in [2.05, 4.69) is 36.9 Å². The molecule has 0 aromatic rings. The zero-order valence-corrected chi connectivity index (χ0v) is 8.62. The van der Waals surface area contributed by atoms with Crippen LogP contribution in [0, 0.1) is 5.92 Å². The maximum absolute atomic E-state index is 5.61. The van der Waals surface area contributed by atoms with Crippen molar-refractivity contribution in [2.45, 2.75) is 30.6 Å². The van der Waals surface area contributed by atoms with Crippen LogP contribution in [0.15, 0.2) is 24.3 Å². The zero-order chi connectivity index (χ0) is 9.10. The second kappa shape index (κ2) is 4.34. The van der Waals surface area contributed by atoms with Crippen LogP contribution in [0.1, 0.15) is 19.3 Å². The van der Waals surface area contributed by atoms with Crippen molar-refractivity contribution < 1.29 is 4.74 Å². The van der Waals surface area contributed by atoms with E-state index < -0.39 is 0 Å². The van der Waals surface area contributed by atoms with Gasteiger partial charge in [0.25, 0.3) is 0 Å². The third kappa shape index (κ3) is 2.38. The van der Waals surface area contributed by atoms with Gasteiger partial charge in [0, 0.05) is 11.9 Å². The molecule has 0 aromatic carbocycles. The highest BCUT2D eigenvalue weighted by molar-refractivity contribution is 7.81. The maximum atomic E-state index is 5.61. The van der Waals surface area contributed by atoms with E-state index in [0.717, 1.165) is 13.0 Å². The Balaban J connectivity index is 1.86. The number of ether oxygens (including phenoxy) is 1. The first kappa shape index (κ1) is 9.35. The van der Waals surface area contributed by atoms with E-state index in [4.69, 9.17) is 4.74 Å². The van der Waals surface area contributed by atoms with Crippen LogP contribution >= 0.6 is 12.6 Å². The van der Waals surface area contributed by atoms with Crippen molar-refractivity contribution in [1.29, 1.82) is 0 Å². The predicted octanol–water partition coefficient (Wildman–Crippen LogP) is 2.60. The molecule has 0 radical (unpaired) electrons. The molecular formula is C11H16OS. The second-order valence-electron chi connectivity index (χ2n) is 3.79. The zero-order valence-electron chi connectivity index (χ0n) is 7.73. The SMILES string of the molecule is SC1C=CC=C[C@@H]1CC1CCCO1. The van der Waals surface area contributed by atoms with Crippen LogP contribution in [0.3, 0.4) is 0 Å². The minimum Gasteiger partial charge on any atom is -0.378 e. The highest BCUT2D eigenvalue weighted by Gasteiger charge is 2.23. The van der Waals surface area contributed by atoms with E-state index in [9.17, 15) is 0 Å². The minimum atomic E-state index is 0.384. The van der Waals surface area contributed by atoms with Crippen molar-refractivity contribution in [3.63, 3.8) is 0 Å². The average molecular weight is 196 g/mol. The summed E-state index contributed by atoms with van der Waals surface area (Å²) in [7, 11) is 0. The van der Waals surface area contributed by atoms with Gasteiger partial charge in [-0.25, -0.2) is 0 Å². The summed E-state index contributed by atoms with van der Waals surface area (Å²) < 4.78 is 5.61. The Morgan fingerprint density at radius 2 is 2.15 bits per heavy atom. The van der Waals surface area contributed by atoms with Crippen LogP contribution in [-0.2, 0) is 4.74 Å². The van der Waals surface area contributed by atoms with Gasteiger partial charge < -0.3 is 4.74 Å². The minimum absolute atomic E-state index is 0.384. The molecule has 1 heterocycles. The lowest BCUT2D eigenvalue weighted by Crippen LogP contribution is -2.19. The molecular weight excluding hydrogens is 180 g/mol. The van der Waals surface area contributed by atoms with Crippen LogP contribution < -0.4 is 0 Å². The largest absolute Gasteiger partial charge is 0.378 e. The topological polar surface area (TPSA) is 9.23 Å².